The van der Waals surface area contributed by atoms with E-state index < -0.39 is 10.0 Å². The van der Waals surface area contributed by atoms with Crippen LogP contribution in [0, 0.1) is 6.92 Å². The third kappa shape index (κ3) is 4.09. The van der Waals surface area contributed by atoms with Crippen LogP contribution in [0.2, 0.25) is 5.02 Å². The van der Waals surface area contributed by atoms with E-state index in [9.17, 15) is 13.2 Å². The number of benzene rings is 2. The van der Waals surface area contributed by atoms with Crippen molar-refractivity contribution in [3.63, 3.8) is 0 Å². The smallest absolute Gasteiger partial charge is 0.251 e. The van der Waals surface area contributed by atoms with Gasteiger partial charge in [-0.25, -0.2) is 8.42 Å². The fourth-order valence-electron chi connectivity index (χ4n) is 3.01. The molecular formula is C19H21ClN2O3S. The molecule has 1 heterocycles. The molecule has 2 aromatic carbocycles. The van der Waals surface area contributed by atoms with Gasteiger partial charge in [-0.05, 0) is 44.0 Å². The first kappa shape index (κ1) is 18.9. The van der Waals surface area contributed by atoms with Gasteiger partial charge in [-0.2, -0.15) is 4.31 Å². The quantitative estimate of drug-likeness (QED) is 0.868. The van der Waals surface area contributed by atoms with Crippen LogP contribution in [0.5, 0.6) is 0 Å². The third-order valence-electron chi connectivity index (χ3n) is 4.56. The summed E-state index contributed by atoms with van der Waals surface area (Å²) in [6.45, 7) is 2.68. The van der Waals surface area contributed by atoms with Crippen LogP contribution in [0.4, 0.5) is 0 Å². The van der Waals surface area contributed by atoms with Gasteiger partial charge in [0, 0.05) is 24.7 Å². The highest BCUT2D eigenvalue weighted by Gasteiger charge is 2.31. The molecule has 0 saturated carbocycles. The highest BCUT2D eigenvalue weighted by Crippen LogP contribution is 2.26. The molecule has 1 saturated heterocycles. The molecule has 5 nitrogen and oxygen atoms in total. The van der Waals surface area contributed by atoms with Crippen LogP contribution in [0.15, 0.2) is 53.4 Å². The minimum atomic E-state index is -3.61. The number of halogens is 1. The van der Waals surface area contributed by atoms with Gasteiger partial charge < -0.3 is 5.32 Å². The first-order chi connectivity index (χ1) is 12.4. The van der Waals surface area contributed by atoms with E-state index in [0.29, 0.717) is 31.5 Å². The van der Waals surface area contributed by atoms with Gasteiger partial charge in [-0.15, -0.1) is 0 Å². The minimum absolute atomic E-state index is 0.0403. The SMILES string of the molecule is Cc1ccc(C(=O)NC2CCN(S(=O)(=O)c3ccccc3Cl)CC2)cc1. The Kier molecular flexibility index (Phi) is 5.65. The van der Waals surface area contributed by atoms with E-state index >= 15 is 0 Å². The predicted octanol–water partition coefficient (Wildman–Crippen LogP) is 3.23. The van der Waals surface area contributed by atoms with Crippen LogP contribution < -0.4 is 5.32 Å². The van der Waals surface area contributed by atoms with Crippen LogP contribution in [0.25, 0.3) is 0 Å². The maximum atomic E-state index is 12.7. The number of sulfonamides is 1. The first-order valence-electron chi connectivity index (χ1n) is 8.50. The Balaban J connectivity index is 1.61. The van der Waals surface area contributed by atoms with Gasteiger partial charge in [-0.3, -0.25) is 4.79 Å². The molecule has 0 bridgehead atoms. The van der Waals surface area contributed by atoms with Crippen molar-refractivity contribution in [2.24, 2.45) is 0 Å². The van der Waals surface area contributed by atoms with Crippen molar-refractivity contribution in [3.8, 4) is 0 Å². The number of hydrogen-bond donors (Lipinski definition) is 1. The zero-order chi connectivity index (χ0) is 18.7. The van der Waals surface area contributed by atoms with Crippen molar-refractivity contribution in [2.75, 3.05) is 13.1 Å². The van der Waals surface area contributed by atoms with Crippen molar-refractivity contribution in [1.82, 2.24) is 9.62 Å². The van der Waals surface area contributed by atoms with Gasteiger partial charge in [0.1, 0.15) is 4.90 Å². The van der Waals surface area contributed by atoms with Crippen molar-refractivity contribution in [2.45, 2.75) is 30.7 Å². The molecular weight excluding hydrogens is 372 g/mol. The van der Waals surface area contributed by atoms with E-state index in [0.717, 1.165) is 5.56 Å². The number of hydrogen-bond acceptors (Lipinski definition) is 3. The monoisotopic (exact) mass is 392 g/mol. The summed E-state index contributed by atoms with van der Waals surface area (Å²) < 4.78 is 26.9. The molecule has 7 heteroatoms. The summed E-state index contributed by atoms with van der Waals surface area (Å²) in [4.78, 5) is 12.4. The maximum absolute atomic E-state index is 12.7. The number of carbonyl (C=O) groups excluding carboxylic acids is 1. The Labute approximate surface area is 159 Å². The number of aryl methyl sites for hydroxylation is 1. The van der Waals surface area contributed by atoms with Crippen LogP contribution in [-0.2, 0) is 10.0 Å². The number of piperidine rings is 1. The average molecular weight is 393 g/mol. The lowest BCUT2D eigenvalue weighted by molar-refractivity contribution is 0.0924. The van der Waals surface area contributed by atoms with Gasteiger partial charge in [0.2, 0.25) is 10.0 Å². The molecule has 0 aliphatic carbocycles. The van der Waals surface area contributed by atoms with Crippen molar-refractivity contribution in [1.29, 1.82) is 0 Å². The largest absolute Gasteiger partial charge is 0.349 e. The molecule has 0 unspecified atom stereocenters. The first-order valence-corrected chi connectivity index (χ1v) is 10.3. The Bertz CT molecular complexity index is 889. The van der Waals surface area contributed by atoms with Crippen molar-refractivity contribution >= 4 is 27.5 Å². The summed E-state index contributed by atoms with van der Waals surface area (Å²) in [6.07, 6.45) is 1.14. The summed E-state index contributed by atoms with van der Waals surface area (Å²) in [5.41, 5.74) is 1.71. The lowest BCUT2D eigenvalue weighted by atomic mass is 10.1. The summed E-state index contributed by atoms with van der Waals surface area (Å²) in [5, 5.41) is 3.22. The van der Waals surface area contributed by atoms with Gasteiger partial charge in [-0.1, -0.05) is 41.4 Å². The highest BCUT2D eigenvalue weighted by molar-refractivity contribution is 7.89. The Morgan fingerprint density at radius 1 is 1.08 bits per heavy atom. The number of amides is 1. The summed E-state index contributed by atoms with van der Waals surface area (Å²) in [7, 11) is -3.61. The molecule has 1 amide bonds. The molecule has 1 fully saturated rings. The standard InChI is InChI=1S/C19H21ClN2O3S/c1-14-6-8-15(9-7-14)19(23)21-16-10-12-22(13-11-16)26(24,25)18-5-3-2-4-17(18)20/h2-9,16H,10-13H2,1H3,(H,21,23). The molecule has 3 rings (SSSR count). The van der Waals surface area contributed by atoms with E-state index in [1.165, 1.54) is 10.4 Å². The topological polar surface area (TPSA) is 66.5 Å². The molecule has 26 heavy (non-hydrogen) atoms. The van der Waals surface area contributed by atoms with E-state index in [1.54, 1.807) is 30.3 Å². The summed E-state index contributed by atoms with van der Waals surface area (Å²) in [6, 6.07) is 13.8. The molecule has 1 aliphatic rings. The number of nitrogens with one attached hydrogen (secondary N) is 1. The van der Waals surface area contributed by atoms with Gasteiger partial charge in [0.15, 0.2) is 0 Å². The lowest BCUT2D eigenvalue weighted by Gasteiger charge is -2.31. The van der Waals surface area contributed by atoms with Crippen molar-refractivity contribution in [3.05, 3.63) is 64.7 Å². The summed E-state index contributed by atoms with van der Waals surface area (Å²) >= 11 is 6.04. The second-order valence-electron chi connectivity index (χ2n) is 6.45. The molecule has 1 N–H and O–H groups in total. The van der Waals surface area contributed by atoms with E-state index in [4.69, 9.17) is 11.6 Å². The fraction of sp³-hybridized carbons (Fsp3) is 0.316. The predicted molar refractivity (Wildman–Crippen MR) is 102 cm³/mol. The maximum Gasteiger partial charge on any atom is 0.251 e. The normalized spacial score (nSPS) is 16.4. The van der Waals surface area contributed by atoms with E-state index in [2.05, 4.69) is 5.32 Å². The molecule has 0 atom stereocenters. The minimum Gasteiger partial charge on any atom is -0.349 e. The zero-order valence-corrected chi connectivity index (χ0v) is 16.1. The number of rotatable bonds is 4. The van der Waals surface area contributed by atoms with Gasteiger partial charge in [0.25, 0.3) is 5.91 Å². The average Bonchev–Trinajstić information content (AvgIpc) is 2.63. The lowest BCUT2D eigenvalue weighted by Crippen LogP contribution is -2.46. The molecule has 0 spiro atoms. The molecule has 1 aliphatic heterocycles. The highest BCUT2D eigenvalue weighted by atomic mass is 35.5. The fourth-order valence-corrected chi connectivity index (χ4v) is 4.97. The number of nitrogens with zero attached hydrogens (tertiary/aromatic N) is 1. The van der Waals surface area contributed by atoms with Crippen molar-refractivity contribution < 1.29 is 13.2 Å². The summed E-state index contributed by atoms with van der Waals surface area (Å²) in [5.74, 6) is -0.127. The van der Waals surface area contributed by atoms with Crippen LogP contribution >= 0.6 is 11.6 Å². The van der Waals surface area contributed by atoms with Crippen LogP contribution in [0.1, 0.15) is 28.8 Å². The third-order valence-corrected chi connectivity index (χ3v) is 6.96. The molecule has 0 radical (unpaired) electrons. The second kappa shape index (κ2) is 7.78. The van der Waals surface area contributed by atoms with Gasteiger partial charge >= 0.3 is 0 Å². The number of carbonyl (C=O) groups is 1. The van der Waals surface area contributed by atoms with Crippen LogP contribution in [0.3, 0.4) is 0 Å². The van der Waals surface area contributed by atoms with Crippen LogP contribution in [-0.4, -0.2) is 37.8 Å². The Morgan fingerprint density at radius 3 is 2.31 bits per heavy atom. The second-order valence-corrected chi connectivity index (χ2v) is 8.76. The zero-order valence-electron chi connectivity index (χ0n) is 14.5. The van der Waals surface area contributed by atoms with Gasteiger partial charge in [0.05, 0.1) is 5.02 Å². The Hall–Kier alpha value is -1.89. The van der Waals surface area contributed by atoms with E-state index in [1.807, 2.05) is 19.1 Å². The Morgan fingerprint density at radius 2 is 1.69 bits per heavy atom. The molecule has 2 aromatic rings. The van der Waals surface area contributed by atoms with E-state index in [-0.39, 0.29) is 21.9 Å². The molecule has 0 aromatic heterocycles. The molecule has 138 valence electrons.